The van der Waals surface area contributed by atoms with Gasteiger partial charge >= 0.3 is 0 Å². The van der Waals surface area contributed by atoms with Crippen LogP contribution in [0.5, 0.6) is 0 Å². The van der Waals surface area contributed by atoms with Crippen LogP contribution in [0.4, 0.5) is 8.78 Å². The van der Waals surface area contributed by atoms with Crippen molar-refractivity contribution in [1.82, 2.24) is 14.8 Å². The minimum atomic E-state index is -2.86. The summed E-state index contributed by atoms with van der Waals surface area (Å²) in [5.41, 5.74) is -0.0667. The van der Waals surface area contributed by atoms with Gasteiger partial charge in [0.1, 0.15) is 0 Å². The molecule has 0 aliphatic heterocycles. The average molecular weight is 335 g/mol. The molecule has 0 spiro atoms. The third-order valence-corrected chi connectivity index (χ3v) is 2.60. The van der Waals surface area contributed by atoms with Gasteiger partial charge in [0.25, 0.3) is 5.92 Å². The van der Waals surface area contributed by atoms with E-state index in [1.165, 1.54) is 23.0 Å². The van der Waals surface area contributed by atoms with E-state index in [1.807, 2.05) is 0 Å². The Bertz CT molecular complexity index is 505. The molecular weight excluding hydrogens is 327 g/mol. The van der Waals surface area contributed by atoms with Gasteiger partial charge in [0.2, 0.25) is 0 Å². The van der Waals surface area contributed by atoms with Crippen molar-refractivity contribution >= 4 is 22.6 Å². The Kier molecular flexibility index (Phi) is 2.92. The average Bonchev–Trinajstić information content (AvgIpc) is 2.64. The zero-order chi connectivity index (χ0) is 11.8. The fraction of sp³-hybridized carbons (Fsp3) is 0.200. The predicted molar refractivity (Wildman–Crippen MR) is 63.6 cm³/mol. The van der Waals surface area contributed by atoms with Gasteiger partial charge in [-0.2, -0.15) is 5.10 Å². The smallest absolute Gasteiger partial charge is 0.237 e. The SMILES string of the molecule is CC(F)(F)c1ccnc(-n2cc(I)cn2)c1. The van der Waals surface area contributed by atoms with Crippen molar-refractivity contribution < 1.29 is 8.78 Å². The number of pyridine rings is 1. The summed E-state index contributed by atoms with van der Waals surface area (Å²) >= 11 is 2.09. The fourth-order valence-electron chi connectivity index (χ4n) is 1.24. The Balaban J connectivity index is 2.44. The van der Waals surface area contributed by atoms with Crippen molar-refractivity contribution in [2.75, 3.05) is 0 Å². The van der Waals surface area contributed by atoms with Crippen molar-refractivity contribution in [2.45, 2.75) is 12.8 Å². The van der Waals surface area contributed by atoms with Crippen LogP contribution in [0.2, 0.25) is 0 Å². The van der Waals surface area contributed by atoms with Crippen molar-refractivity contribution in [1.29, 1.82) is 0 Å². The molecule has 2 aromatic heterocycles. The molecule has 2 heterocycles. The van der Waals surface area contributed by atoms with E-state index in [9.17, 15) is 8.78 Å². The lowest BCUT2D eigenvalue weighted by atomic mass is 10.1. The van der Waals surface area contributed by atoms with Crippen LogP contribution >= 0.6 is 22.6 Å². The van der Waals surface area contributed by atoms with Gasteiger partial charge in [0.05, 0.1) is 9.77 Å². The van der Waals surface area contributed by atoms with Crippen molar-refractivity contribution in [2.24, 2.45) is 0 Å². The second-order valence-corrected chi connectivity index (χ2v) is 4.64. The number of halogens is 3. The summed E-state index contributed by atoms with van der Waals surface area (Å²) in [6.45, 7) is 0.860. The standard InChI is InChI=1S/C10H8F2IN3/c1-10(11,12)7-2-3-14-9(4-7)16-6-8(13)5-15-16/h2-6H,1H3. The monoisotopic (exact) mass is 335 g/mol. The third-order valence-electron chi connectivity index (χ3n) is 2.04. The van der Waals surface area contributed by atoms with Crippen molar-refractivity contribution in [3.05, 3.63) is 39.9 Å². The van der Waals surface area contributed by atoms with E-state index in [1.54, 1.807) is 12.4 Å². The lowest BCUT2D eigenvalue weighted by Gasteiger charge is -2.11. The molecule has 84 valence electrons. The van der Waals surface area contributed by atoms with E-state index in [0.29, 0.717) is 5.82 Å². The number of nitrogens with zero attached hydrogens (tertiary/aromatic N) is 3. The second kappa shape index (κ2) is 4.08. The fourth-order valence-corrected chi connectivity index (χ4v) is 1.63. The summed E-state index contributed by atoms with van der Waals surface area (Å²) in [4.78, 5) is 4.00. The Morgan fingerprint density at radius 2 is 2.19 bits per heavy atom. The Hall–Kier alpha value is -1.05. The lowest BCUT2D eigenvalue weighted by molar-refractivity contribution is 0.0173. The molecule has 0 saturated heterocycles. The molecule has 0 bridgehead atoms. The number of hydrogen-bond donors (Lipinski definition) is 0. The molecule has 16 heavy (non-hydrogen) atoms. The Labute approximate surface area is 105 Å². The molecule has 0 aliphatic rings. The maximum Gasteiger partial charge on any atom is 0.270 e. The molecule has 0 unspecified atom stereocenters. The van der Waals surface area contributed by atoms with Gasteiger partial charge in [0.15, 0.2) is 5.82 Å². The van der Waals surface area contributed by atoms with Crippen molar-refractivity contribution in [3.8, 4) is 5.82 Å². The number of aromatic nitrogens is 3. The first kappa shape index (κ1) is 11.4. The highest BCUT2D eigenvalue weighted by molar-refractivity contribution is 14.1. The predicted octanol–water partition coefficient (Wildman–Crippen LogP) is 2.98. The Morgan fingerprint density at radius 1 is 1.44 bits per heavy atom. The number of alkyl halides is 2. The molecule has 0 aliphatic carbocycles. The van der Waals surface area contributed by atoms with Crippen LogP contribution in [0.25, 0.3) is 5.82 Å². The van der Waals surface area contributed by atoms with Crippen LogP contribution in [0.15, 0.2) is 30.7 Å². The first-order valence-electron chi connectivity index (χ1n) is 4.52. The van der Waals surface area contributed by atoms with Crippen molar-refractivity contribution in [3.63, 3.8) is 0 Å². The van der Waals surface area contributed by atoms with Gasteiger partial charge in [0, 0.05) is 24.9 Å². The molecule has 0 N–H and O–H groups in total. The van der Waals surface area contributed by atoms with E-state index >= 15 is 0 Å². The largest absolute Gasteiger partial charge is 0.270 e. The topological polar surface area (TPSA) is 30.7 Å². The number of rotatable bonds is 2. The van der Waals surface area contributed by atoms with Gasteiger partial charge in [-0.3, -0.25) is 0 Å². The van der Waals surface area contributed by atoms with Crippen LogP contribution in [0.1, 0.15) is 12.5 Å². The molecule has 0 fully saturated rings. The first-order chi connectivity index (χ1) is 7.47. The van der Waals surface area contributed by atoms with Crippen LogP contribution in [-0.2, 0) is 5.92 Å². The number of hydrogen-bond acceptors (Lipinski definition) is 2. The molecule has 0 aromatic carbocycles. The van der Waals surface area contributed by atoms with Gasteiger partial charge in [-0.15, -0.1) is 0 Å². The first-order valence-corrected chi connectivity index (χ1v) is 5.59. The molecule has 3 nitrogen and oxygen atoms in total. The molecule has 0 radical (unpaired) electrons. The minimum Gasteiger partial charge on any atom is -0.237 e. The molecule has 0 amide bonds. The summed E-state index contributed by atoms with van der Waals surface area (Å²) in [7, 11) is 0. The maximum atomic E-state index is 13.1. The van der Waals surface area contributed by atoms with Crippen LogP contribution < -0.4 is 0 Å². The quantitative estimate of drug-likeness (QED) is 0.790. The zero-order valence-electron chi connectivity index (χ0n) is 8.36. The summed E-state index contributed by atoms with van der Waals surface area (Å²) < 4.78 is 28.6. The van der Waals surface area contributed by atoms with Gasteiger partial charge in [-0.05, 0) is 34.7 Å². The molecule has 2 rings (SSSR count). The summed E-state index contributed by atoms with van der Waals surface area (Å²) in [5.74, 6) is -2.47. The molecule has 2 aromatic rings. The van der Waals surface area contributed by atoms with E-state index in [4.69, 9.17) is 0 Å². The van der Waals surface area contributed by atoms with Gasteiger partial charge in [-0.25, -0.2) is 18.4 Å². The molecule has 0 saturated carbocycles. The minimum absolute atomic E-state index is 0.0667. The summed E-state index contributed by atoms with van der Waals surface area (Å²) in [6, 6.07) is 2.64. The highest BCUT2D eigenvalue weighted by Crippen LogP contribution is 2.27. The van der Waals surface area contributed by atoms with E-state index in [0.717, 1.165) is 10.5 Å². The van der Waals surface area contributed by atoms with Gasteiger partial charge in [-0.1, -0.05) is 0 Å². The summed E-state index contributed by atoms with van der Waals surface area (Å²) in [6.07, 6.45) is 4.72. The molecular formula is C10H8F2IN3. The van der Waals surface area contributed by atoms with Crippen LogP contribution in [0, 0.1) is 3.57 Å². The Morgan fingerprint density at radius 3 is 2.75 bits per heavy atom. The molecule has 6 heteroatoms. The van der Waals surface area contributed by atoms with Gasteiger partial charge < -0.3 is 0 Å². The van der Waals surface area contributed by atoms with E-state index < -0.39 is 5.92 Å². The highest BCUT2D eigenvalue weighted by Gasteiger charge is 2.24. The molecule has 0 atom stereocenters. The summed E-state index contributed by atoms with van der Waals surface area (Å²) in [5, 5.41) is 4.01. The normalized spacial score (nSPS) is 11.8. The highest BCUT2D eigenvalue weighted by atomic mass is 127. The maximum absolute atomic E-state index is 13.1. The van der Waals surface area contributed by atoms with E-state index in [-0.39, 0.29) is 5.56 Å². The van der Waals surface area contributed by atoms with E-state index in [2.05, 4.69) is 32.7 Å². The van der Waals surface area contributed by atoms with Crippen LogP contribution in [0.3, 0.4) is 0 Å². The van der Waals surface area contributed by atoms with Crippen LogP contribution in [-0.4, -0.2) is 14.8 Å². The zero-order valence-corrected chi connectivity index (χ0v) is 10.5. The third kappa shape index (κ3) is 2.37. The second-order valence-electron chi connectivity index (χ2n) is 3.39. The lowest BCUT2D eigenvalue weighted by Crippen LogP contribution is -2.09.